The Morgan fingerprint density at radius 2 is 2.22 bits per heavy atom. The van der Waals surface area contributed by atoms with Crippen LogP contribution in [0.4, 0.5) is 5.69 Å². The highest BCUT2D eigenvalue weighted by molar-refractivity contribution is 5.78. The Morgan fingerprint density at radius 1 is 1.44 bits per heavy atom. The van der Waals surface area contributed by atoms with Gasteiger partial charge in [-0.05, 0) is 32.0 Å². The van der Waals surface area contributed by atoms with Crippen LogP contribution < -0.4 is 10.5 Å². The van der Waals surface area contributed by atoms with Crippen LogP contribution in [-0.2, 0) is 6.61 Å². The maximum atomic E-state index is 10.6. The Morgan fingerprint density at radius 3 is 2.78 bits per heavy atom. The van der Waals surface area contributed by atoms with Gasteiger partial charge in [-0.1, -0.05) is 5.16 Å². The molecule has 0 aliphatic heterocycles. The van der Waals surface area contributed by atoms with Gasteiger partial charge in [0.1, 0.15) is 24.4 Å². The van der Waals surface area contributed by atoms with E-state index in [0.29, 0.717) is 23.6 Å². The number of nitrogens with zero attached hydrogens (tertiary/aromatic N) is 1. The average Bonchev–Trinajstić information content (AvgIpc) is 2.68. The van der Waals surface area contributed by atoms with Gasteiger partial charge < -0.3 is 15.0 Å². The van der Waals surface area contributed by atoms with Crippen LogP contribution >= 0.6 is 0 Å². The summed E-state index contributed by atoms with van der Waals surface area (Å²) in [5, 5.41) is 3.85. The number of nitrogens with two attached hydrogens (primary N) is 1. The van der Waals surface area contributed by atoms with Crippen LogP contribution in [0.3, 0.4) is 0 Å². The number of aryl methyl sites for hydroxylation is 2. The van der Waals surface area contributed by atoms with E-state index in [4.69, 9.17) is 15.0 Å². The number of carbonyl (C=O) groups excluding carboxylic acids is 1. The molecule has 0 radical (unpaired) electrons. The molecule has 5 heteroatoms. The van der Waals surface area contributed by atoms with E-state index in [9.17, 15) is 4.79 Å². The molecular formula is C13H14N2O3. The van der Waals surface area contributed by atoms with Crippen molar-refractivity contribution in [3.63, 3.8) is 0 Å². The summed E-state index contributed by atoms with van der Waals surface area (Å²) in [5.74, 6) is 1.27. The van der Waals surface area contributed by atoms with E-state index >= 15 is 0 Å². The van der Waals surface area contributed by atoms with Crippen LogP contribution in [-0.4, -0.2) is 11.4 Å². The second kappa shape index (κ2) is 4.91. The van der Waals surface area contributed by atoms with Gasteiger partial charge in [-0.15, -0.1) is 0 Å². The molecule has 1 aromatic heterocycles. The van der Waals surface area contributed by atoms with E-state index in [1.807, 2.05) is 13.8 Å². The van der Waals surface area contributed by atoms with Crippen molar-refractivity contribution in [3.8, 4) is 5.75 Å². The lowest BCUT2D eigenvalue weighted by Gasteiger charge is -2.08. The summed E-state index contributed by atoms with van der Waals surface area (Å²) in [7, 11) is 0. The minimum absolute atomic E-state index is 0.339. The minimum Gasteiger partial charge on any atom is -0.487 e. The van der Waals surface area contributed by atoms with Crippen molar-refractivity contribution in [3.05, 3.63) is 40.8 Å². The van der Waals surface area contributed by atoms with Crippen LogP contribution in [0.15, 0.2) is 22.7 Å². The first-order valence-electron chi connectivity index (χ1n) is 5.51. The fourth-order valence-electron chi connectivity index (χ4n) is 1.63. The summed E-state index contributed by atoms with van der Waals surface area (Å²) < 4.78 is 10.6. The quantitative estimate of drug-likeness (QED) is 0.661. The molecular weight excluding hydrogens is 232 g/mol. The average molecular weight is 246 g/mol. The summed E-state index contributed by atoms with van der Waals surface area (Å²) in [4.78, 5) is 10.6. The summed E-state index contributed by atoms with van der Waals surface area (Å²) in [5.41, 5.74) is 8.46. The molecule has 0 unspecified atom stereocenters. The third-order valence-electron chi connectivity index (χ3n) is 2.72. The van der Waals surface area contributed by atoms with Gasteiger partial charge in [0.15, 0.2) is 0 Å². The van der Waals surface area contributed by atoms with Crippen molar-refractivity contribution in [2.45, 2.75) is 20.5 Å². The monoisotopic (exact) mass is 246 g/mol. The molecule has 18 heavy (non-hydrogen) atoms. The number of aromatic nitrogens is 1. The summed E-state index contributed by atoms with van der Waals surface area (Å²) in [6.45, 7) is 4.03. The fourth-order valence-corrected chi connectivity index (χ4v) is 1.63. The normalized spacial score (nSPS) is 10.3. The zero-order valence-corrected chi connectivity index (χ0v) is 10.3. The molecule has 1 heterocycles. The molecule has 1 aromatic carbocycles. The number of anilines is 1. The van der Waals surface area contributed by atoms with Crippen LogP contribution in [0.2, 0.25) is 0 Å². The van der Waals surface area contributed by atoms with Crippen LogP contribution in [0.25, 0.3) is 0 Å². The van der Waals surface area contributed by atoms with Gasteiger partial charge in [0.25, 0.3) is 0 Å². The first-order chi connectivity index (χ1) is 8.61. The molecule has 0 atom stereocenters. The van der Waals surface area contributed by atoms with Gasteiger partial charge in [0.05, 0.1) is 16.9 Å². The van der Waals surface area contributed by atoms with Gasteiger partial charge in [-0.25, -0.2) is 0 Å². The van der Waals surface area contributed by atoms with Gasteiger partial charge in [-0.3, -0.25) is 4.79 Å². The van der Waals surface area contributed by atoms with Crippen LogP contribution in [0.5, 0.6) is 5.75 Å². The van der Waals surface area contributed by atoms with Crippen molar-refractivity contribution in [2.24, 2.45) is 0 Å². The van der Waals surface area contributed by atoms with Crippen molar-refractivity contribution in [2.75, 3.05) is 5.73 Å². The lowest BCUT2D eigenvalue weighted by atomic mass is 10.2. The SMILES string of the molecule is Cc1noc(C)c1COc1ccc(C=O)cc1N. The van der Waals surface area contributed by atoms with E-state index in [1.54, 1.807) is 18.2 Å². The van der Waals surface area contributed by atoms with Crippen molar-refractivity contribution in [1.29, 1.82) is 0 Å². The van der Waals surface area contributed by atoms with Crippen LogP contribution in [0, 0.1) is 13.8 Å². The lowest BCUT2D eigenvalue weighted by Crippen LogP contribution is -2.01. The van der Waals surface area contributed by atoms with Crippen molar-refractivity contribution >= 4 is 12.0 Å². The molecule has 5 nitrogen and oxygen atoms in total. The Bertz CT molecular complexity index is 556. The third-order valence-corrected chi connectivity index (χ3v) is 2.72. The molecule has 0 aliphatic rings. The second-order valence-corrected chi connectivity index (χ2v) is 4.01. The van der Waals surface area contributed by atoms with E-state index in [2.05, 4.69) is 5.16 Å². The number of rotatable bonds is 4. The summed E-state index contributed by atoms with van der Waals surface area (Å²) >= 11 is 0. The lowest BCUT2D eigenvalue weighted by molar-refractivity contribution is 0.112. The second-order valence-electron chi connectivity index (χ2n) is 4.01. The maximum Gasteiger partial charge on any atom is 0.150 e. The maximum absolute atomic E-state index is 10.6. The fraction of sp³-hybridized carbons (Fsp3) is 0.231. The zero-order chi connectivity index (χ0) is 13.1. The smallest absolute Gasteiger partial charge is 0.150 e. The first-order valence-corrected chi connectivity index (χ1v) is 5.51. The largest absolute Gasteiger partial charge is 0.487 e. The Kier molecular flexibility index (Phi) is 3.32. The van der Waals surface area contributed by atoms with E-state index in [0.717, 1.165) is 23.3 Å². The molecule has 94 valence electrons. The van der Waals surface area contributed by atoms with E-state index in [-0.39, 0.29) is 0 Å². The van der Waals surface area contributed by atoms with E-state index in [1.165, 1.54) is 0 Å². The summed E-state index contributed by atoms with van der Waals surface area (Å²) in [6.07, 6.45) is 0.744. The molecule has 0 aliphatic carbocycles. The summed E-state index contributed by atoms with van der Waals surface area (Å²) in [6, 6.07) is 4.92. The van der Waals surface area contributed by atoms with E-state index < -0.39 is 0 Å². The Hall–Kier alpha value is -2.30. The van der Waals surface area contributed by atoms with Gasteiger partial charge in [0, 0.05) is 5.56 Å². The molecule has 2 aromatic rings. The molecule has 2 N–H and O–H groups in total. The Labute approximate surface area is 105 Å². The number of carbonyl (C=O) groups is 1. The molecule has 0 bridgehead atoms. The van der Waals surface area contributed by atoms with Crippen molar-refractivity contribution < 1.29 is 14.1 Å². The Balaban J connectivity index is 2.13. The number of ether oxygens (including phenoxy) is 1. The number of hydrogen-bond acceptors (Lipinski definition) is 5. The van der Waals surface area contributed by atoms with Gasteiger partial charge in [0.2, 0.25) is 0 Å². The molecule has 0 saturated heterocycles. The van der Waals surface area contributed by atoms with Crippen LogP contribution in [0.1, 0.15) is 27.4 Å². The minimum atomic E-state index is 0.339. The number of hydrogen-bond donors (Lipinski definition) is 1. The number of nitrogen functional groups attached to an aromatic ring is 1. The highest BCUT2D eigenvalue weighted by Crippen LogP contribution is 2.24. The predicted molar refractivity (Wildman–Crippen MR) is 66.6 cm³/mol. The predicted octanol–water partition coefficient (Wildman–Crippen LogP) is 2.27. The third kappa shape index (κ3) is 2.34. The van der Waals surface area contributed by atoms with Gasteiger partial charge >= 0.3 is 0 Å². The zero-order valence-electron chi connectivity index (χ0n) is 10.3. The highest BCUT2D eigenvalue weighted by Gasteiger charge is 2.10. The number of benzene rings is 1. The van der Waals surface area contributed by atoms with Crippen molar-refractivity contribution in [1.82, 2.24) is 5.16 Å². The molecule has 0 amide bonds. The standard InChI is InChI=1S/C13H14N2O3/c1-8-11(9(2)18-15-8)7-17-13-4-3-10(6-16)5-12(13)14/h3-6H,7,14H2,1-2H3. The topological polar surface area (TPSA) is 78.4 Å². The highest BCUT2D eigenvalue weighted by atomic mass is 16.5. The molecule has 0 saturated carbocycles. The van der Waals surface area contributed by atoms with Gasteiger partial charge in [-0.2, -0.15) is 0 Å². The molecule has 2 rings (SSSR count). The number of aldehydes is 1. The molecule has 0 fully saturated rings. The molecule has 0 spiro atoms. The first kappa shape index (κ1) is 12.2.